The summed E-state index contributed by atoms with van der Waals surface area (Å²) < 4.78 is 43.0. The Kier molecular flexibility index (Phi) is 8.17. The van der Waals surface area contributed by atoms with Gasteiger partial charge in [0, 0.05) is 19.5 Å². The number of hydrogen-bond acceptors (Lipinski definition) is 4. The first-order chi connectivity index (χ1) is 19.6. The first kappa shape index (κ1) is 28.4. The second-order valence-electron chi connectivity index (χ2n) is 11.2. The molecule has 9 heteroatoms. The molecule has 0 fully saturated rings. The summed E-state index contributed by atoms with van der Waals surface area (Å²) in [7, 11) is 0. The van der Waals surface area contributed by atoms with Crippen LogP contribution in [0, 0.1) is 5.41 Å². The summed E-state index contributed by atoms with van der Waals surface area (Å²) >= 11 is 0. The van der Waals surface area contributed by atoms with Crippen molar-refractivity contribution in [3.05, 3.63) is 119 Å². The van der Waals surface area contributed by atoms with Gasteiger partial charge in [0.2, 0.25) is 0 Å². The molecule has 4 aromatic rings. The van der Waals surface area contributed by atoms with Crippen molar-refractivity contribution < 1.29 is 18.0 Å². The van der Waals surface area contributed by atoms with Gasteiger partial charge in [-0.2, -0.15) is 18.3 Å². The van der Waals surface area contributed by atoms with E-state index in [2.05, 4.69) is 45.3 Å². The summed E-state index contributed by atoms with van der Waals surface area (Å²) in [5.74, 6) is -0.391. The number of aromatic nitrogens is 2. The molecule has 0 aliphatic carbocycles. The number of benzene rings is 3. The van der Waals surface area contributed by atoms with Crippen molar-refractivity contribution in [1.29, 1.82) is 0 Å². The van der Waals surface area contributed by atoms with Crippen LogP contribution in [0.5, 0.6) is 0 Å². The van der Waals surface area contributed by atoms with Crippen LogP contribution in [-0.4, -0.2) is 35.0 Å². The first-order valence-corrected chi connectivity index (χ1v) is 13.7. The molecule has 6 nitrogen and oxygen atoms in total. The van der Waals surface area contributed by atoms with Gasteiger partial charge in [0.1, 0.15) is 11.4 Å². The molecule has 2 heterocycles. The Morgan fingerprint density at radius 2 is 1.49 bits per heavy atom. The molecule has 3 N–H and O–H groups in total. The number of amides is 1. The highest BCUT2D eigenvalue weighted by Gasteiger charge is 2.47. The summed E-state index contributed by atoms with van der Waals surface area (Å²) in [5, 5.41) is 13.7. The number of carbonyl (C=O) groups excluding carboxylic acids is 1. The van der Waals surface area contributed by atoms with Crippen molar-refractivity contribution in [2.45, 2.75) is 44.6 Å². The Morgan fingerprint density at radius 1 is 0.927 bits per heavy atom. The van der Waals surface area contributed by atoms with Gasteiger partial charge in [-0.1, -0.05) is 105 Å². The van der Waals surface area contributed by atoms with Crippen molar-refractivity contribution >= 4 is 11.7 Å². The van der Waals surface area contributed by atoms with E-state index in [1.807, 2.05) is 56.3 Å². The average molecular weight is 562 g/mol. The van der Waals surface area contributed by atoms with Gasteiger partial charge in [-0.05, 0) is 22.1 Å². The van der Waals surface area contributed by atoms with Crippen LogP contribution < -0.4 is 16.0 Å². The lowest BCUT2D eigenvalue weighted by atomic mass is 9.91. The first-order valence-electron chi connectivity index (χ1n) is 13.7. The lowest BCUT2D eigenvalue weighted by molar-refractivity contribution is -0.173. The molecule has 1 aliphatic heterocycles. The smallest absolute Gasteiger partial charge is 0.363 e. The Hall–Kier alpha value is -4.11. The maximum absolute atomic E-state index is 14.0. The van der Waals surface area contributed by atoms with E-state index in [9.17, 15) is 18.0 Å². The third-order valence-electron chi connectivity index (χ3n) is 7.46. The van der Waals surface area contributed by atoms with Gasteiger partial charge in [0.05, 0.1) is 18.3 Å². The molecule has 0 radical (unpaired) electrons. The molecule has 2 unspecified atom stereocenters. The molecule has 1 aromatic heterocycles. The van der Waals surface area contributed by atoms with Gasteiger partial charge in [-0.25, -0.2) is 4.68 Å². The van der Waals surface area contributed by atoms with Gasteiger partial charge in [0.15, 0.2) is 6.04 Å². The minimum Gasteiger partial charge on any atom is -0.363 e. The van der Waals surface area contributed by atoms with Crippen LogP contribution in [0.3, 0.4) is 0 Å². The van der Waals surface area contributed by atoms with Crippen molar-refractivity contribution in [3.8, 4) is 0 Å². The zero-order valence-electron chi connectivity index (χ0n) is 23.0. The standard InChI is InChI=1S/C32H34F3N5O/c1-31(2,20-36-28(23-14-8-4-9-15-23)24-16-10-5-11-17-24)21-37-30(41)25-19-38-40-27(32(33,34)35)18-26(39-29(25)40)22-12-6-3-7-13-22/h3-17,19,26-28,36,39H,18,20-21H2,1-2H3,(H,37,41). The molecule has 0 spiro atoms. The van der Waals surface area contributed by atoms with E-state index in [0.717, 1.165) is 21.4 Å². The maximum atomic E-state index is 14.0. The largest absolute Gasteiger partial charge is 0.410 e. The Balaban J connectivity index is 1.29. The molecule has 0 bridgehead atoms. The van der Waals surface area contributed by atoms with E-state index in [0.29, 0.717) is 13.1 Å². The van der Waals surface area contributed by atoms with Gasteiger partial charge in [-0.3, -0.25) is 4.79 Å². The topological polar surface area (TPSA) is 71.0 Å². The number of alkyl halides is 3. The number of anilines is 1. The van der Waals surface area contributed by atoms with Crippen LogP contribution >= 0.6 is 0 Å². The van der Waals surface area contributed by atoms with Crippen LogP contribution in [-0.2, 0) is 0 Å². The summed E-state index contributed by atoms with van der Waals surface area (Å²) in [5.41, 5.74) is 2.71. The highest BCUT2D eigenvalue weighted by molar-refractivity contribution is 5.99. The molecule has 5 rings (SSSR count). The molecule has 214 valence electrons. The van der Waals surface area contributed by atoms with Gasteiger partial charge >= 0.3 is 6.18 Å². The fourth-order valence-electron chi connectivity index (χ4n) is 5.21. The second kappa shape index (κ2) is 11.8. The predicted octanol–water partition coefficient (Wildman–Crippen LogP) is 6.68. The Bertz CT molecular complexity index is 1400. The fourth-order valence-corrected chi connectivity index (χ4v) is 5.21. The predicted molar refractivity (Wildman–Crippen MR) is 154 cm³/mol. The SMILES string of the molecule is CC(C)(CNC(=O)c1cnn2c1NC(c1ccccc1)CC2C(F)(F)F)CNC(c1ccccc1)c1ccccc1. The third kappa shape index (κ3) is 6.62. The van der Waals surface area contributed by atoms with Crippen LogP contribution in [0.4, 0.5) is 19.0 Å². The fraction of sp³-hybridized carbons (Fsp3) is 0.312. The molecule has 41 heavy (non-hydrogen) atoms. The summed E-state index contributed by atoms with van der Waals surface area (Å²) in [6.45, 7) is 4.96. The molecule has 0 saturated carbocycles. The van der Waals surface area contributed by atoms with E-state index >= 15 is 0 Å². The number of hydrogen-bond donors (Lipinski definition) is 3. The summed E-state index contributed by atoms with van der Waals surface area (Å²) in [6, 6.07) is 26.8. The quantitative estimate of drug-likeness (QED) is 0.213. The van der Waals surface area contributed by atoms with Crippen molar-refractivity contribution in [3.63, 3.8) is 0 Å². The van der Waals surface area contributed by atoms with Crippen LogP contribution in [0.1, 0.15) is 65.4 Å². The van der Waals surface area contributed by atoms with E-state index < -0.39 is 24.2 Å². The number of fused-ring (bicyclic) bond motifs is 1. The van der Waals surface area contributed by atoms with Gasteiger partial charge < -0.3 is 16.0 Å². The van der Waals surface area contributed by atoms with Crippen LogP contribution in [0.15, 0.2) is 97.2 Å². The van der Waals surface area contributed by atoms with E-state index in [1.165, 1.54) is 6.20 Å². The molecular formula is C32H34F3N5O. The lowest BCUT2D eigenvalue weighted by Crippen LogP contribution is -2.42. The Labute approximate surface area is 238 Å². The molecule has 1 amide bonds. The van der Waals surface area contributed by atoms with E-state index in [4.69, 9.17) is 0 Å². The molecule has 0 saturated heterocycles. The number of nitrogens with one attached hydrogen (secondary N) is 3. The molecule has 1 aliphatic rings. The Morgan fingerprint density at radius 3 is 2.05 bits per heavy atom. The van der Waals surface area contributed by atoms with Crippen LogP contribution in [0.25, 0.3) is 0 Å². The molecule has 3 aromatic carbocycles. The zero-order valence-corrected chi connectivity index (χ0v) is 23.0. The highest BCUT2D eigenvalue weighted by Crippen LogP contribution is 2.44. The summed E-state index contributed by atoms with van der Waals surface area (Å²) in [6.07, 6.45) is -3.51. The molecule has 2 atom stereocenters. The number of halogens is 3. The van der Waals surface area contributed by atoms with Crippen molar-refractivity contribution in [2.75, 3.05) is 18.4 Å². The maximum Gasteiger partial charge on any atom is 0.410 e. The summed E-state index contributed by atoms with van der Waals surface area (Å²) in [4.78, 5) is 13.3. The number of rotatable bonds is 9. The van der Waals surface area contributed by atoms with E-state index in [-0.39, 0.29) is 29.3 Å². The zero-order chi connectivity index (χ0) is 29.0. The molecular weight excluding hydrogens is 527 g/mol. The van der Waals surface area contributed by atoms with E-state index in [1.54, 1.807) is 24.3 Å². The highest BCUT2D eigenvalue weighted by atomic mass is 19.4. The second-order valence-corrected chi connectivity index (χ2v) is 11.2. The minimum absolute atomic E-state index is 0.0338. The van der Waals surface area contributed by atoms with Gasteiger partial charge in [0.25, 0.3) is 5.91 Å². The van der Waals surface area contributed by atoms with Crippen molar-refractivity contribution in [2.24, 2.45) is 5.41 Å². The van der Waals surface area contributed by atoms with Crippen molar-refractivity contribution in [1.82, 2.24) is 20.4 Å². The third-order valence-corrected chi connectivity index (χ3v) is 7.46. The minimum atomic E-state index is -4.51. The average Bonchev–Trinajstić information content (AvgIpc) is 3.41. The monoisotopic (exact) mass is 561 g/mol. The number of nitrogens with zero attached hydrogens (tertiary/aromatic N) is 2. The van der Waals surface area contributed by atoms with Gasteiger partial charge in [-0.15, -0.1) is 0 Å². The normalized spacial score (nSPS) is 17.1. The number of carbonyl (C=O) groups is 1. The lowest BCUT2D eigenvalue weighted by Gasteiger charge is -2.34. The van der Waals surface area contributed by atoms with Crippen LogP contribution in [0.2, 0.25) is 0 Å².